The molecule has 0 amide bonds. The Morgan fingerprint density at radius 1 is 1.03 bits per heavy atom. The van der Waals surface area contributed by atoms with E-state index in [-0.39, 0.29) is 37.0 Å². The second-order valence-corrected chi connectivity index (χ2v) is 9.06. The number of rotatable bonds is 8. The molecule has 6 nitrogen and oxygen atoms in total. The molecule has 32 heavy (non-hydrogen) atoms. The van der Waals surface area contributed by atoms with Crippen LogP contribution in [0.1, 0.15) is 60.5 Å². The summed E-state index contributed by atoms with van der Waals surface area (Å²) in [6.07, 6.45) is 2.91. The molecule has 0 aromatic heterocycles. The summed E-state index contributed by atoms with van der Waals surface area (Å²) in [7, 11) is 3.23. The van der Waals surface area contributed by atoms with Gasteiger partial charge in [0.15, 0.2) is 12.6 Å². The molecule has 0 saturated heterocycles. The normalized spacial score (nSPS) is 23.6. The maximum Gasteiger partial charge on any atom is 0.193 e. The van der Waals surface area contributed by atoms with Crippen molar-refractivity contribution < 1.29 is 28.5 Å². The van der Waals surface area contributed by atoms with Gasteiger partial charge in [-0.15, -0.1) is 0 Å². The van der Waals surface area contributed by atoms with E-state index in [0.717, 1.165) is 24.8 Å². The average Bonchev–Trinajstić information content (AvgIpc) is 2.80. The second kappa shape index (κ2) is 9.61. The second-order valence-electron chi connectivity index (χ2n) is 9.06. The molecular formula is C26H32O6. The summed E-state index contributed by atoms with van der Waals surface area (Å²) in [4.78, 5) is 13.2. The maximum absolute atomic E-state index is 13.2. The summed E-state index contributed by atoms with van der Waals surface area (Å²) < 4.78 is 28.7. The number of ether oxygens (including phenoxy) is 5. The number of hydrogen-bond donors (Lipinski definition) is 0. The minimum atomic E-state index is -0.364. The van der Waals surface area contributed by atoms with Crippen LogP contribution in [0.25, 0.3) is 0 Å². The smallest absolute Gasteiger partial charge is 0.193 e. The van der Waals surface area contributed by atoms with Crippen molar-refractivity contribution in [3.63, 3.8) is 0 Å². The van der Waals surface area contributed by atoms with Crippen LogP contribution in [0.15, 0.2) is 42.5 Å². The topological polar surface area (TPSA) is 63.2 Å². The first-order valence-electron chi connectivity index (χ1n) is 11.1. The van der Waals surface area contributed by atoms with E-state index in [1.54, 1.807) is 14.2 Å². The lowest BCUT2D eigenvalue weighted by atomic mass is 9.65. The third-order valence-corrected chi connectivity index (χ3v) is 6.60. The molecule has 0 spiro atoms. The Balaban J connectivity index is 1.76. The van der Waals surface area contributed by atoms with Gasteiger partial charge in [-0.3, -0.25) is 4.79 Å². The van der Waals surface area contributed by atoms with Gasteiger partial charge in [0.2, 0.25) is 0 Å². The maximum atomic E-state index is 13.2. The Morgan fingerprint density at radius 3 is 2.50 bits per heavy atom. The lowest BCUT2D eigenvalue weighted by molar-refractivity contribution is -0.105. The van der Waals surface area contributed by atoms with Crippen LogP contribution >= 0.6 is 0 Å². The molecule has 1 aliphatic heterocycles. The highest BCUT2D eigenvalue weighted by atomic mass is 16.7. The van der Waals surface area contributed by atoms with Gasteiger partial charge in [-0.25, -0.2) is 0 Å². The van der Waals surface area contributed by atoms with Gasteiger partial charge >= 0.3 is 0 Å². The Hall–Kier alpha value is -2.41. The largest absolute Gasteiger partial charge is 0.487 e. The van der Waals surface area contributed by atoms with Crippen molar-refractivity contribution >= 4 is 5.78 Å². The van der Waals surface area contributed by atoms with Gasteiger partial charge in [0, 0.05) is 42.7 Å². The molecule has 1 saturated carbocycles. The quantitative estimate of drug-likeness (QED) is 0.428. The molecule has 1 aliphatic carbocycles. The van der Waals surface area contributed by atoms with Gasteiger partial charge in [0.05, 0.1) is 6.10 Å². The summed E-state index contributed by atoms with van der Waals surface area (Å²) in [6.45, 7) is 4.64. The van der Waals surface area contributed by atoms with Crippen LogP contribution in [-0.2, 0) is 14.2 Å². The fraction of sp³-hybridized carbons (Fsp3) is 0.500. The van der Waals surface area contributed by atoms with E-state index in [1.807, 2.05) is 42.5 Å². The number of hydrogen-bond acceptors (Lipinski definition) is 6. The number of benzene rings is 2. The first-order chi connectivity index (χ1) is 15.4. The molecule has 0 N–H and O–H groups in total. The number of carbonyl (C=O) groups excluding carboxylic acids is 1. The highest BCUT2D eigenvalue weighted by Gasteiger charge is 2.48. The summed E-state index contributed by atoms with van der Waals surface area (Å²) >= 11 is 0. The highest BCUT2D eigenvalue weighted by Crippen LogP contribution is 2.55. The third kappa shape index (κ3) is 4.53. The monoisotopic (exact) mass is 440 g/mol. The standard InChI is InChI=1S/C26H32O6/c1-26(2)21-11-10-19(30-15-28-3)14-20(21)24-22(31-16-29-4)12-18(13-23(24)32-26)25(27)17-8-6-5-7-9-17/h5-9,12-13,19-21H,10-11,14-16H2,1-4H3/t19-,20-,21-/m1/s1. The number of fused-ring (bicyclic) bond motifs is 3. The molecule has 2 aromatic rings. The van der Waals surface area contributed by atoms with E-state index in [9.17, 15) is 4.79 Å². The Morgan fingerprint density at radius 2 is 1.78 bits per heavy atom. The molecule has 6 heteroatoms. The molecule has 1 fully saturated rings. The van der Waals surface area contributed by atoms with E-state index in [0.29, 0.717) is 28.5 Å². The average molecular weight is 441 g/mol. The minimum Gasteiger partial charge on any atom is -0.487 e. The molecule has 2 aliphatic rings. The first kappa shape index (κ1) is 22.8. The molecule has 2 aromatic carbocycles. The summed E-state index contributed by atoms with van der Waals surface area (Å²) in [5.41, 5.74) is 1.81. The van der Waals surface area contributed by atoms with E-state index in [1.165, 1.54) is 0 Å². The van der Waals surface area contributed by atoms with Crippen molar-refractivity contribution in [2.75, 3.05) is 27.8 Å². The van der Waals surface area contributed by atoms with Crippen LogP contribution in [0.4, 0.5) is 0 Å². The summed E-state index contributed by atoms with van der Waals surface area (Å²) in [6, 6.07) is 12.9. The number of methoxy groups -OCH3 is 2. The van der Waals surface area contributed by atoms with Gasteiger partial charge in [-0.2, -0.15) is 0 Å². The van der Waals surface area contributed by atoms with Crippen LogP contribution in [0.5, 0.6) is 11.5 Å². The van der Waals surface area contributed by atoms with Crippen molar-refractivity contribution in [1.29, 1.82) is 0 Å². The van der Waals surface area contributed by atoms with Crippen LogP contribution in [-0.4, -0.2) is 45.3 Å². The Labute approximate surface area is 189 Å². The van der Waals surface area contributed by atoms with Gasteiger partial charge < -0.3 is 23.7 Å². The number of ketones is 1. The zero-order chi connectivity index (χ0) is 22.7. The fourth-order valence-electron chi connectivity index (χ4n) is 5.14. The highest BCUT2D eigenvalue weighted by molar-refractivity contribution is 6.09. The van der Waals surface area contributed by atoms with Gasteiger partial charge in [0.25, 0.3) is 0 Å². The minimum absolute atomic E-state index is 0.0656. The lowest BCUT2D eigenvalue weighted by Crippen LogP contribution is -2.48. The molecule has 0 radical (unpaired) electrons. The van der Waals surface area contributed by atoms with Crippen molar-refractivity contribution in [3.05, 3.63) is 59.2 Å². The SMILES string of the molecule is COCOc1cc(C(=O)c2ccccc2)cc2c1[C@@H]1C[C@H](OCOC)CC[C@H]1C(C)(C)O2. The molecule has 172 valence electrons. The molecular weight excluding hydrogens is 408 g/mol. The molecule has 0 bridgehead atoms. The Bertz CT molecular complexity index is 939. The molecule has 3 atom stereocenters. The van der Waals surface area contributed by atoms with E-state index in [4.69, 9.17) is 23.7 Å². The summed E-state index contributed by atoms with van der Waals surface area (Å²) in [5.74, 6) is 1.79. The fourth-order valence-corrected chi connectivity index (χ4v) is 5.14. The van der Waals surface area contributed by atoms with Crippen molar-refractivity contribution in [1.82, 2.24) is 0 Å². The molecule has 1 heterocycles. The van der Waals surface area contributed by atoms with Crippen molar-refractivity contribution in [3.8, 4) is 11.5 Å². The lowest BCUT2D eigenvalue weighted by Gasteiger charge is -2.49. The summed E-state index contributed by atoms with van der Waals surface area (Å²) in [5, 5.41) is 0. The predicted octanol–water partition coefficient (Wildman–Crippen LogP) is 4.94. The zero-order valence-corrected chi connectivity index (χ0v) is 19.3. The van der Waals surface area contributed by atoms with Crippen LogP contribution < -0.4 is 9.47 Å². The first-order valence-corrected chi connectivity index (χ1v) is 11.1. The van der Waals surface area contributed by atoms with Gasteiger partial charge in [0.1, 0.15) is 23.9 Å². The molecule has 0 unspecified atom stereocenters. The Kier molecular flexibility index (Phi) is 6.84. The molecule has 4 rings (SSSR count). The zero-order valence-electron chi connectivity index (χ0n) is 19.3. The van der Waals surface area contributed by atoms with E-state index >= 15 is 0 Å². The predicted molar refractivity (Wildman–Crippen MR) is 120 cm³/mol. The van der Waals surface area contributed by atoms with E-state index in [2.05, 4.69) is 13.8 Å². The van der Waals surface area contributed by atoms with Crippen molar-refractivity contribution in [2.45, 2.75) is 50.7 Å². The van der Waals surface area contributed by atoms with Crippen molar-refractivity contribution in [2.24, 2.45) is 5.92 Å². The van der Waals surface area contributed by atoms with E-state index < -0.39 is 0 Å². The van der Waals surface area contributed by atoms with Gasteiger partial charge in [-0.05, 0) is 45.2 Å². The van der Waals surface area contributed by atoms with Crippen LogP contribution in [0, 0.1) is 5.92 Å². The van der Waals surface area contributed by atoms with Crippen LogP contribution in [0.2, 0.25) is 0 Å². The van der Waals surface area contributed by atoms with Gasteiger partial charge in [-0.1, -0.05) is 30.3 Å². The third-order valence-electron chi connectivity index (χ3n) is 6.60. The van der Waals surface area contributed by atoms with Crippen LogP contribution in [0.3, 0.4) is 0 Å². The number of carbonyl (C=O) groups is 1.